The molecule has 0 aliphatic carbocycles. The van der Waals surface area contributed by atoms with E-state index in [1.165, 1.54) is 6.33 Å². The van der Waals surface area contributed by atoms with E-state index in [-0.39, 0.29) is 0 Å². The summed E-state index contributed by atoms with van der Waals surface area (Å²) in [6.45, 7) is 0. The van der Waals surface area contributed by atoms with E-state index in [2.05, 4.69) is 31.1 Å². The molecule has 5 nitrogen and oxygen atoms in total. The third kappa shape index (κ3) is 2.22. The normalized spacial score (nSPS) is 10.6. The van der Waals surface area contributed by atoms with Gasteiger partial charge in [-0.1, -0.05) is 33.2 Å². The molecule has 0 aliphatic heterocycles. The van der Waals surface area contributed by atoms with Crippen LogP contribution < -0.4 is 5.73 Å². The summed E-state index contributed by atoms with van der Waals surface area (Å²) in [5, 5.41) is 3.83. The molecule has 0 fully saturated rings. The summed E-state index contributed by atoms with van der Waals surface area (Å²) in [4.78, 5) is 7.95. The third-order valence-corrected chi connectivity index (χ3v) is 3.15. The minimum absolute atomic E-state index is 0.344. The third-order valence-electron chi connectivity index (χ3n) is 2.65. The summed E-state index contributed by atoms with van der Waals surface area (Å²) in [6, 6.07) is 7.77. The molecule has 6 heteroatoms. The second-order valence-electron chi connectivity index (χ2n) is 3.91. The maximum Gasteiger partial charge on any atom is 0.180 e. The van der Waals surface area contributed by atoms with E-state index >= 15 is 0 Å². The van der Waals surface area contributed by atoms with Crippen LogP contribution in [0.2, 0.25) is 0 Å². The van der Waals surface area contributed by atoms with Gasteiger partial charge in [-0.3, -0.25) is 0 Å². The lowest BCUT2D eigenvalue weighted by Crippen LogP contribution is -1.89. The van der Waals surface area contributed by atoms with Crippen LogP contribution in [0.4, 0.5) is 5.82 Å². The molecule has 2 heterocycles. The first-order valence-electron chi connectivity index (χ1n) is 5.52. The molecule has 3 rings (SSSR count). The Balaban J connectivity index is 2.20. The van der Waals surface area contributed by atoms with E-state index in [0.29, 0.717) is 11.6 Å². The van der Waals surface area contributed by atoms with Gasteiger partial charge in [0.05, 0.1) is 11.1 Å². The number of aromatic nitrogens is 3. The number of hydrogen-bond acceptors (Lipinski definition) is 5. The van der Waals surface area contributed by atoms with Crippen molar-refractivity contribution in [1.29, 1.82) is 0 Å². The highest BCUT2D eigenvalue weighted by atomic mass is 79.9. The molecule has 0 aliphatic rings. The molecular formula is C13H9BrN4O. The minimum Gasteiger partial charge on any atom is -0.380 e. The fourth-order valence-corrected chi connectivity index (χ4v) is 2.24. The van der Waals surface area contributed by atoms with Crippen molar-refractivity contribution in [2.24, 2.45) is 0 Å². The number of nitrogen functional groups attached to an aromatic ring is 1. The number of nitrogens with two attached hydrogens (primary N) is 1. The molecule has 0 unspecified atom stereocenters. The SMILES string of the molecule is Nc1noc(-c2cncnc2)c1-c1cccc(Br)c1. The quantitative estimate of drug-likeness (QED) is 0.785. The molecule has 0 saturated heterocycles. The van der Waals surface area contributed by atoms with Crippen LogP contribution in [0.1, 0.15) is 0 Å². The zero-order chi connectivity index (χ0) is 13.2. The molecular weight excluding hydrogens is 308 g/mol. The standard InChI is InChI=1S/C13H9BrN4O/c14-10-3-1-2-8(4-10)11-12(19-18-13(11)15)9-5-16-7-17-6-9/h1-7H,(H2,15,18). The molecule has 19 heavy (non-hydrogen) atoms. The summed E-state index contributed by atoms with van der Waals surface area (Å²) in [5.41, 5.74) is 8.31. The van der Waals surface area contributed by atoms with Gasteiger partial charge >= 0.3 is 0 Å². The van der Waals surface area contributed by atoms with Crippen LogP contribution in [0.5, 0.6) is 0 Å². The van der Waals surface area contributed by atoms with Gasteiger partial charge in [0, 0.05) is 16.9 Å². The second kappa shape index (κ2) is 4.81. The Labute approximate surface area is 117 Å². The van der Waals surface area contributed by atoms with Crippen molar-refractivity contribution in [3.63, 3.8) is 0 Å². The first-order valence-corrected chi connectivity index (χ1v) is 6.31. The fourth-order valence-electron chi connectivity index (χ4n) is 1.84. The summed E-state index contributed by atoms with van der Waals surface area (Å²) in [7, 11) is 0. The van der Waals surface area contributed by atoms with Crippen LogP contribution >= 0.6 is 15.9 Å². The van der Waals surface area contributed by atoms with Crippen LogP contribution in [-0.2, 0) is 0 Å². The van der Waals surface area contributed by atoms with Crippen LogP contribution in [-0.4, -0.2) is 15.1 Å². The van der Waals surface area contributed by atoms with E-state index in [4.69, 9.17) is 10.3 Å². The maximum absolute atomic E-state index is 5.90. The Hall–Kier alpha value is -2.21. The Bertz CT molecular complexity index is 712. The molecule has 94 valence electrons. The van der Waals surface area contributed by atoms with Crippen molar-refractivity contribution in [1.82, 2.24) is 15.1 Å². The van der Waals surface area contributed by atoms with E-state index in [1.807, 2.05) is 24.3 Å². The molecule has 0 atom stereocenters. The lowest BCUT2D eigenvalue weighted by atomic mass is 10.0. The molecule has 2 aromatic heterocycles. The summed E-state index contributed by atoms with van der Waals surface area (Å²) < 4.78 is 6.26. The molecule has 0 radical (unpaired) electrons. The van der Waals surface area contributed by atoms with Gasteiger partial charge in [0.25, 0.3) is 0 Å². The average molecular weight is 317 g/mol. The Morgan fingerprint density at radius 3 is 2.63 bits per heavy atom. The van der Waals surface area contributed by atoms with Crippen molar-refractivity contribution in [2.75, 3.05) is 5.73 Å². The van der Waals surface area contributed by atoms with Crippen LogP contribution in [0, 0.1) is 0 Å². The number of halogens is 1. The predicted molar refractivity (Wildman–Crippen MR) is 75.1 cm³/mol. The summed E-state index contributed by atoms with van der Waals surface area (Å²) in [6.07, 6.45) is 4.78. The number of nitrogens with zero attached hydrogens (tertiary/aromatic N) is 3. The van der Waals surface area contributed by atoms with Gasteiger partial charge in [0.1, 0.15) is 6.33 Å². The fraction of sp³-hybridized carbons (Fsp3) is 0. The number of rotatable bonds is 2. The highest BCUT2D eigenvalue weighted by Crippen LogP contribution is 2.36. The lowest BCUT2D eigenvalue weighted by Gasteiger charge is -2.02. The van der Waals surface area contributed by atoms with Gasteiger partial charge in [-0.15, -0.1) is 0 Å². The first-order chi connectivity index (χ1) is 9.25. The van der Waals surface area contributed by atoms with E-state index < -0.39 is 0 Å². The number of anilines is 1. The smallest absolute Gasteiger partial charge is 0.180 e. The predicted octanol–water partition coefficient (Wildman–Crippen LogP) is 3.14. The largest absolute Gasteiger partial charge is 0.380 e. The molecule has 3 aromatic rings. The van der Waals surface area contributed by atoms with Crippen molar-refractivity contribution in [2.45, 2.75) is 0 Å². The van der Waals surface area contributed by atoms with Gasteiger partial charge < -0.3 is 10.3 Å². The Kier molecular flexibility index (Phi) is 3.00. The van der Waals surface area contributed by atoms with Gasteiger partial charge in [0.2, 0.25) is 0 Å². The lowest BCUT2D eigenvalue weighted by molar-refractivity contribution is 0.436. The molecule has 0 amide bonds. The summed E-state index contributed by atoms with van der Waals surface area (Å²) >= 11 is 3.44. The highest BCUT2D eigenvalue weighted by Gasteiger charge is 2.18. The van der Waals surface area contributed by atoms with Crippen molar-refractivity contribution >= 4 is 21.7 Å². The van der Waals surface area contributed by atoms with Gasteiger partial charge in [-0.25, -0.2) is 9.97 Å². The number of benzene rings is 1. The molecule has 0 spiro atoms. The van der Waals surface area contributed by atoms with Crippen LogP contribution in [0.3, 0.4) is 0 Å². The monoisotopic (exact) mass is 316 g/mol. The van der Waals surface area contributed by atoms with Crippen molar-refractivity contribution in [3.8, 4) is 22.5 Å². The molecule has 2 N–H and O–H groups in total. The Morgan fingerprint density at radius 1 is 1.11 bits per heavy atom. The molecule has 0 saturated carbocycles. The Morgan fingerprint density at radius 2 is 1.89 bits per heavy atom. The minimum atomic E-state index is 0.344. The zero-order valence-corrected chi connectivity index (χ0v) is 11.3. The average Bonchev–Trinajstić information content (AvgIpc) is 2.82. The van der Waals surface area contributed by atoms with Crippen LogP contribution in [0.25, 0.3) is 22.5 Å². The van der Waals surface area contributed by atoms with E-state index in [9.17, 15) is 0 Å². The van der Waals surface area contributed by atoms with Gasteiger partial charge in [-0.05, 0) is 17.7 Å². The van der Waals surface area contributed by atoms with Crippen molar-refractivity contribution in [3.05, 3.63) is 47.5 Å². The highest BCUT2D eigenvalue weighted by molar-refractivity contribution is 9.10. The van der Waals surface area contributed by atoms with E-state index in [0.717, 1.165) is 21.2 Å². The van der Waals surface area contributed by atoms with Crippen LogP contribution in [0.15, 0.2) is 52.0 Å². The second-order valence-corrected chi connectivity index (χ2v) is 4.83. The van der Waals surface area contributed by atoms with Crippen molar-refractivity contribution < 1.29 is 4.52 Å². The van der Waals surface area contributed by atoms with Gasteiger partial charge in [-0.2, -0.15) is 0 Å². The molecule has 1 aromatic carbocycles. The molecule has 0 bridgehead atoms. The van der Waals surface area contributed by atoms with E-state index in [1.54, 1.807) is 12.4 Å². The number of hydrogen-bond donors (Lipinski definition) is 1. The van der Waals surface area contributed by atoms with Gasteiger partial charge in [0.15, 0.2) is 11.6 Å². The first kappa shape index (κ1) is 11.9. The maximum atomic E-state index is 5.90. The summed E-state index contributed by atoms with van der Waals surface area (Å²) in [5.74, 6) is 0.910. The zero-order valence-electron chi connectivity index (χ0n) is 9.75. The topological polar surface area (TPSA) is 77.8 Å².